The van der Waals surface area contributed by atoms with Crippen LogP contribution in [0.5, 0.6) is 11.5 Å². The van der Waals surface area contributed by atoms with E-state index in [1.165, 1.54) is 16.0 Å². The highest BCUT2D eigenvalue weighted by Crippen LogP contribution is 2.39. The summed E-state index contributed by atoms with van der Waals surface area (Å²) in [5.74, 6) is 2.18. The van der Waals surface area contributed by atoms with Crippen LogP contribution in [0.1, 0.15) is 35.6 Å². The third-order valence-corrected chi connectivity index (χ3v) is 6.21. The summed E-state index contributed by atoms with van der Waals surface area (Å²) >= 11 is 1.63. The first-order valence-corrected chi connectivity index (χ1v) is 10.2. The smallest absolute Gasteiger partial charge is 0.233 e. The van der Waals surface area contributed by atoms with E-state index >= 15 is 0 Å². The second kappa shape index (κ2) is 8.70. The zero-order valence-electron chi connectivity index (χ0n) is 16.5. The van der Waals surface area contributed by atoms with Gasteiger partial charge in [0.15, 0.2) is 0 Å². The number of likely N-dealkylation sites (tertiary alicyclic amines) is 1. The number of carbonyl (C=O) groups is 1. The van der Waals surface area contributed by atoms with Crippen LogP contribution in [0.25, 0.3) is 0 Å². The van der Waals surface area contributed by atoms with Crippen molar-refractivity contribution in [1.82, 2.24) is 4.90 Å². The quantitative estimate of drug-likeness (QED) is 0.671. The largest absolute Gasteiger partial charge is 0.497 e. The van der Waals surface area contributed by atoms with E-state index in [-0.39, 0.29) is 11.9 Å². The Balaban J connectivity index is 1.74. The molecule has 1 aliphatic heterocycles. The number of hydrogen-bond acceptors (Lipinski definition) is 4. The zero-order valence-corrected chi connectivity index (χ0v) is 17.3. The molecule has 1 fully saturated rings. The maximum Gasteiger partial charge on any atom is 0.233 e. The molecule has 0 spiro atoms. The van der Waals surface area contributed by atoms with Gasteiger partial charge < -0.3 is 14.4 Å². The molecule has 1 saturated heterocycles. The van der Waals surface area contributed by atoms with Gasteiger partial charge in [-0.2, -0.15) is 0 Å². The van der Waals surface area contributed by atoms with Gasteiger partial charge in [-0.05, 0) is 50.5 Å². The molecular weight excluding hydrogens is 358 g/mol. The number of hydrogen-bond donors (Lipinski definition) is 0. The highest BCUT2D eigenvalue weighted by molar-refractivity contribution is 8.00. The summed E-state index contributed by atoms with van der Waals surface area (Å²) in [4.78, 5) is 16.1. The molecule has 5 heteroatoms. The summed E-state index contributed by atoms with van der Waals surface area (Å²) in [7, 11) is 3.31. The van der Waals surface area contributed by atoms with E-state index in [1.807, 2.05) is 23.1 Å². The van der Waals surface area contributed by atoms with Crippen LogP contribution in [-0.2, 0) is 4.79 Å². The number of ether oxygens (including phenoxy) is 2. The molecule has 27 heavy (non-hydrogen) atoms. The van der Waals surface area contributed by atoms with Gasteiger partial charge in [0.05, 0.1) is 26.0 Å². The summed E-state index contributed by atoms with van der Waals surface area (Å²) < 4.78 is 10.9. The van der Waals surface area contributed by atoms with Crippen LogP contribution in [-0.4, -0.2) is 37.3 Å². The molecule has 2 aromatic carbocycles. The first-order valence-electron chi connectivity index (χ1n) is 9.25. The molecule has 1 aliphatic rings. The highest BCUT2D eigenvalue weighted by atomic mass is 32.2. The first kappa shape index (κ1) is 19.6. The van der Waals surface area contributed by atoms with E-state index < -0.39 is 0 Å². The van der Waals surface area contributed by atoms with Crippen LogP contribution < -0.4 is 9.47 Å². The van der Waals surface area contributed by atoms with E-state index in [0.717, 1.165) is 36.4 Å². The van der Waals surface area contributed by atoms with Crippen molar-refractivity contribution in [2.75, 3.05) is 26.5 Å². The molecule has 0 saturated carbocycles. The Hall–Kier alpha value is -2.14. The summed E-state index contributed by atoms with van der Waals surface area (Å²) in [6.45, 7) is 4.97. The van der Waals surface area contributed by atoms with Crippen molar-refractivity contribution in [2.24, 2.45) is 0 Å². The van der Waals surface area contributed by atoms with Gasteiger partial charge in [0.25, 0.3) is 0 Å². The van der Waals surface area contributed by atoms with E-state index in [2.05, 4.69) is 32.0 Å². The van der Waals surface area contributed by atoms with Crippen molar-refractivity contribution in [2.45, 2.75) is 37.6 Å². The SMILES string of the molecule is COc1ccc(C2CCCN2C(=O)CSc2cc(C)ccc2C)c(OC)c1. The van der Waals surface area contributed by atoms with E-state index in [9.17, 15) is 4.79 Å². The van der Waals surface area contributed by atoms with E-state index in [1.54, 1.807) is 26.0 Å². The third kappa shape index (κ3) is 4.41. The zero-order chi connectivity index (χ0) is 19.4. The van der Waals surface area contributed by atoms with E-state index in [0.29, 0.717) is 5.75 Å². The normalized spacial score (nSPS) is 16.4. The van der Waals surface area contributed by atoms with Gasteiger partial charge >= 0.3 is 0 Å². The fraction of sp³-hybridized carbons (Fsp3) is 0.409. The molecule has 0 N–H and O–H groups in total. The lowest BCUT2D eigenvalue weighted by molar-refractivity contribution is -0.129. The minimum Gasteiger partial charge on any atom is -0.497 e. The van der Waals surface area contributed by atoms with Gasteiger partial charge in [-0.3, -0.25) is 4.79 Å². The van der Waals surface area contributed by atoms with Crippen LogP contribution in [0.2, 0.25) is 0 Å². The Kier molecular flexibility index (Phi) is 6.32. The summed E-state index contributed by atoms with van der Waals surface area (Å²) in [6, 6.07) is 12.3. The molecule has 0 aromatic heterocycles. The molecule has 0 aliphatic carbocycles. The predicted octanol–water partition coefficient (Wildman–Crippen LogP) is 4.78. The molecule has 4 nitrogen and oxygen atoms in total. The Morgan fingerprint density at radius 3 is 2.70 bits per heavy atom. The monoisotopic (exact) mass is 385 g/mol. The second-order valence-electron chi connectivity index (χ2n) is 6.91. The number of thioether (sulfide) groups is 1. The molecule has 1 heterocycles. The van der Waals surface area contributed by atoms with Gasteiger partial charge in [0, 0.05) is 23.1 Å². The Labute approximate surface area is 165 Å². The number of rotatable bonds is 6. The van der Waals surface area contributed by atoms with Crippen molar-refractivity contribution in [3.63, 3.8) is 0 Å². The second-order valence-corrected chi connectivity index (χ2v) is 7.93. The number of methoxy groups -OCH3 is 2. The highest BCUT2D eigenvalue weighted by Gasteiger charge is 2.31. The first-order chi connectivity index (χ1) is 13.0. The third-order valence-electron chi connectivity index (χ3n) is 5.07. The lowest BCUT2D eigenvalue weighted by Gasteiger charge is -2.26. The maximum absolute atomic E-state index is 13.0. The molecule has 1 unspecified atom stereocenters. The van der Waals surface area contributed by atoms with Crippen LogP contribution in [0, 0.1) is 13.8 Å². The van der Waals surface area contributed by atoms with Crippen LogP contribution >= 0.6 is 11.8 Å². The lowest BCUT2D eigenvalue weighted by atomic mass is 10.0. The predicted molar refractivity (Wildman–Crippen MR) is 110 cm³/mol. The topological polar surface area (TPSA) is 38.8 Å². The van der Waals surface area contributed by atoms with Gasteiger partial charge in [-0.1, -0.05) is 17.7 Å². The molecule has 0 bridgehead atoms. The van der Waals surface area contributed by atoms with Crippen molar-refractivity contribution >= 4 is 17.7 Å². The Bertz CT molecular complexity index is 821. The van der Waals surface area contributed by atoms with Gasteiger partial charge in [0.2, 0.25) is 5.91 Å². The van der Waals surface area contributed by atoms with Crippen molar-refractivity contribution < 1.29 is 14.3 Å². The molecule has 3 rings (SSSR count). The molecule has 2 aromatic rings. The Morgan fingerprint density at radius 1 is 1.15 bits per heavy atom. The fourth-order valence-electron chi connectivity index (χ4n) is 3.57. The summed E-state index contributed by atoms with van der Waals surface area (Å²) in [5.41, 5.74) is 3.49. The standard InChI is InChI=1S/C22H27NO3S/c1-15-7-8-16(2)21(12-15)27-14-22(24)23-11-5-6-19(23)18-10-9-17(25-3)13-20(18)26-4/h7-10,12-13,19H,5-6,11,14H2,1-4H3. The van der Waals surface area contributed by atoms with Crippen molar-refractivity contribution in [3.8, 4) is 11.5 Å². The van der Waals surface area contributed by atoms with Crippen LogP contribution in [0.4, 0.5) is 0 Å². The number of aryl methyl sites for hydroxylation is 2. The maximum atomic E-state index is 13.0. The molecule has 0 radical (unpaired) electrons. The minimum absolute atomic E-state index is 0.0672. The van der Waals surface area contributed by atoms with E-state index in [4.69, 9.17) is 9.47 Å². The molecule has 1 atom stereocenters. The summed E-state index contributed by atoms with van der Waals surface area (Å²) in [5, 5.41) is 0. The average molecular weight is 386 g/mol. The summed E-state index contributed by atoms with van der Waals surface area (Å²) in [6.07, 6.45) is 1.97. The lowest BCUT2D eigenvalue weighted by Crippen LogP contribution is -2.32. The number of benzene rings is 2. The van der Waals surface area contributed by atoms with Crippen molar-refractivity contribution in [1.29, 1.82) is 0 Å². The van der Waals surface area contributed by atoms with Crippen LogP contribution in [0.3, 0.4) is 0 Å². The molecule has 144 valence electrons. The molecular formula is C22H27NO3S. The minimum atomic E-state index is 0.0672. The average Bonchev–Trinajstić information content (AvgIpc) is 3.17. The number of amides is 1. The van der Waals surface area contributed by atoms with Gasteiger partial charge in [-0.15, -0.1) is 11.8 Å². The van der Waals surface area contributed by atoms with Crippen molar-refractivity contribution in [3.05, 3.63) is 53.1 Å². The number of nitrogens with zero attached hydrogens (tertiary/aromatic N) is 1. The van der Waals surface area contributed by atoms with Gasteiger partial charge in [0.1, 0.15) is 11.5 Å². The van der Waals surface area contributed by atoms with Crippen LogP contribution in [0.15, 0.2) is 41.3 Å². The molecule has 1 amide bonds. The fourth-order valence-corrected chi connectivity index (χ4v) is 4.58. The number of carbonyl (C=O) groups excluding carboxylic acids is 1. The Morgan fingerprint density at radius 2 is 1.96 bits per heavy atom. The van der Waals surface area contributed by atoms with Gasteiger partial charge in [-0.25, -0.2) is 0 Å².